The predicted octanol–water partition coefficient (Wildman–Crippen LogP) is 2.15. The molecule has 2 aliphatic rings. The van der Waals surface area contributed by atoms with Crippen LogP contribution in [0.5, 0.6) is 11.5 Å². The van der Waals surface area contributed by atoms with Crippen molar-refractivity contribution < 1.29 is 14.3 Å². The Labute approximate surface area is 209 Å². The van der Waals surface area contributed by atoms with E-state index in [1.54, 1.807) is 30.0 Å². The van der Waals surface area contributed by atoms with Crippen molar-refractivity contribution in [3.8, 4) is 11.5 Å². The molecule has 1 N–H and O–H groups in total. The van der Waals surface area contributed by atoms with Gasteiger partial charge in [-0.15, -0.1) is 12.4 Å². The predicted molar refractivity (Wildman–Crippen MR) is 136 cm³/mol. The van der Waals surface area contributed by atoms with Crippen molar-refractivity contribution in [1.29, 1.82) is 0 Å². The number of ether oxygens (including phenoxy) is 2. The molecule has 0 radical (unpaired) electrons. The number of piperidine rings is 1. The highest BCUT2D eigenvalue weighted by atomic mass is 35.5. The minimum Gasteiger partial charge on any atom is -0.495 e. The molecule has 11 heteroatoms. The molecule has 35 heavy (non-hydrogen) atoms. The molecule has 1 fully saturated rings. The molecule has 3 aromatic rings. The maximum atomic E-state index is 12.6. The topological polar surface area (TPSA) is 102 Å². The molecule has 0 saturated carbocycles. The first kappa shape index (κ1) is 24.7. The third kappa shape index (κ3) is 5.18. The quantitative estimate of drug-likeness (QED) is 0.549. The summed E-state index contributed by atoms with van der Waals surface area (Å²) in [5.41, 5.74) is 1.53. The van der Waals surface area contributed by atoms with Crippen LogP contribution in [0.15, 0.2) is 41.3 Å². The van der Waals surface area contributed by atoms with Crippen LogP contribution in [0.3, 0.4) is 0 Å². The van der Waals surface area contributed by atoms with Gasteiger partial charge in [-0.2, -0.15) is 0 Å². The maximum Gasteiger partial charge on any atom is 0.263 e. The summed E-state index contributed by atoms with van der Waals surface area (Å²) in [6, 6.07) is 9.32. The summed E-state index contributed by atoms with van der Waals surface area (Å²) in [6.07, 6.45) is 3.63. The van der Waals surface area contributed by atoms with E-state index in [1.165, 1.54) is 0 Å². The van der Waals surface area contributed by atoms with Crippen LogP contribution in [0.2, 0.25) is 0 Å². The second kappa shape index (κ2) is 10.5. The Hall–Kier alpha value is -3.37. The number of anilines is 2. The van der Waals surface area contributed by atoms with Gasteiger partial charge in [-0.3, -0.25) is 14.6 Å². The molecule has 0 bridgehead atoms. The molecule has 3 aromatic heterocycles. The van der Waals surface area contributed by atoms with E-state index in [2.05, 4.69) is 25.1 Å². The zero-order valence-electron chi connectivity index (χ0n) is 19.8. The number of hydrogen-bond acceptors (Lipinski definition) is 8. The summed E-state index contributed by atoms with van der Waals surface area (Å²) in [5, 5.41) is 2.77. The fourth-order valence-electron chi connectivity index (χ4n) is 4.60. The number of nitrogens with zero attached hydrogens (tertiary/aromatic N) is 5. The minimum atomic E-state index is -0.187. The Kier molecular flexibility index (Phi) is 7.42. The number of methoxy groups -OCH3 is 1. The standard InChI is InChI=1S/C24H28N6O4.ClH/c1-28(21-5-4-20-24(26-21)27-22(31)15-34-20)16-7-9-29(10-8-16)11-12-30-19-13-17(33-2)14-25-18(19)3-6-23(30)32;/h3-6,13-14,16H,7-12,15H2,1-2H3,(H,26,27,31);1H. The number of halogens is 1. The Balaban J connectivity index is 0.00000289. The number of fused-ring (bicyclic) bond motifs is 2. The van der Waals surface area contributed by atoms with Gasteiger partial charge in [-0.05, 0) is 31.0 Å². The average molecular weight is 501 g/mol. The van der Waals surface area contributed by atoms with Gasteiger partial charge in [0.05, 0.1) is 24.3 Å². The van der Waals surface area contributed by atoms with Gasteiger partial charge in [-0.1, -0.05) is 0 Å². The van der Waals surface area contributed by atoms with Crippen LogP contribution < -0.4 is 25.2 Å². The lowest BCUT2D eigenvalue weighted by Crippen LogP contribution is -2.45. The summed E-state index contributed by atoms with van der Waals surface area (Å²) in [5.74, 6) is 2.34. The lowest BCUT2D eigenvalue weighted by atomic mass is 10.0. The molecular formula is C24H29ClN6O4. The first-order valence-corrected chi connectivity index (χ1v) is 11.4. The van der Waals surface area contributed by atoms with Crippen molar-refractivity contribution in [2.75, 3.05) is 50.6 Å². The number of likely N-dealkylation sites (tertiary alicyclic amines) is 1. The first-order valence-electron chi connectivity index (χ1n) is 11.4. The molecule has 5 rings (SSSR count). The number of pyridine rings is 3. The van der Waals surface area contributed by atoms with Gasteiger partial charge in [0.15, 0.2) is 18.2 Å². The van der Waals surface area contributed by atoms with E-state index in [0.717, 1.165) is 49.3 Å². The number of amides is 1. The van der Waals surface area contributed by atoms with Gasteiger partial charge in [0, 0.05) is 51.4 Å². The molecule has 0 spiro atoms. The molecule has 0 aliphatic carbocycles. The maximum absolute atomic E-state index is 12.6. The third-order valence-electron chi connectivity index (χ3n) is 6.61. The fraction of sp³-hybridized carbons (Fsp3) is 0.417. The minimum absolute atomic E-state index is 0. The van der Waals surface area contributed by atoms with E-state index in [1.807, 2.05) is 25.2 Å². The van der Waals surface area contributed by atoms with Crippen molar-refractivity contribution >= 4 is 41.0 Å². The first-order chi connectivity index (χ1) is 16.5. The summed E-state index contributed by atoms with van der Waals surface area (Å²) in [6.45, 7) is 3.27. The zero-order chi connectivity index (χ0) is 23.7. The molecular weight excluding hydrogens is 472 g/mol. The number of carbonyl (C=O) groups is 1. The monoisotopic (exact) mass is 500 g/mol. The average Bonchev–Trinajstić information content (AvgIpc) is 2.87. The lowest BCUT2D eigenvalue weighted by Gasteiger charge is -2.37. The third-order valence-corrected chi connectivity index (χ3v) is 6.61. The van der Waals surface area contributed by atoms with Crippen molar-refractivity contribution in [2.24, 2.45) is 0 Å². The van der Waals surface area contributed by atoms with Gasteiger partial charge < -0.3 is 29.2 Å². The second-order valence-corrected chi connectivity index (χ2v) is 8.64. The normalized spacial score (nSPS) is 16.1. The fourth-order valence-corrected chi connectivity index (χ4v) is 4.60. The number of aromatic nitrogens is 3. The number of rotatable bonds is 6. The SMILES string of the molecule is COc1cnc2ccc(=O)n(CCN3CCC(N(C)c4ccc5c(n4)NC(=O)CO5)CC3)c2c1.Cl. The van der Waals surface area contributed by atoms with E-state index in [0.29, 0.717) is 29.9 Å². The van der Waals surface area contributed by atoms with Gasteiger partial charge >= 0.3 is 0 Å². The smallest absolute Gasteiger partial charge is 0.263 e. The van der Waals surface area contributed by atoms with E-state index < -0.39 is 0 Å². The molecule has 2 aliphatic heterocycles. The highest BCUT2D eigenvalue weighted by molar-refractivity contribution is 5.94. The summed E-state index contributed by atoms with van der Waals surface area (Å²) in [4.78, 5) is 37.7. The molecule has 1 saturated heterocycles. The molecule has 10 nitrogen and oxygen atoms in total. The van der Waals surface area contributed by atoms with Crippen molar-refractivity contribution in [3.05, 3.63) is 46.9 Å². The highest BCUT2D eigenvalue weighted by Gasteiger charge is 2.25. The number of hydrogen-bond donors (Lipinski definition) is 1. The molecule has 0 unspecified atom stereocenters. The Morgan fingerprint density at radius 2 is 1.97 bits per heavy atom. The van der Waals surface area contributed by atoms with Crippen LogP contribution in [0, 0.1) is 0 Å². The van der Waals surface area contributed by atoms with Crippen molar-refractivity contribution in [1.82, 2.24) is 19.4 Å². The molecule has 0 atom stereocenters. The molecule has 5 heterocycles. The highest BCUT2D eigenvalue weighted by Crippen LogP contribution is 2.30. The number of carbonyl (C=O) groups excluding carboxylic acids is 1. The molecule has 186 valence electrons. The van der Waals surface area contributed by atoms with E-state index in [9.17, 15) is 9.59 Å². The van der Waals surface area contributed by atoms with Crippen LogP contribution >= 0.6 is 12.4 Å². The number of nitrogens with one attached hydrogen (secondary N) is 1. The summed E-state index contributed by atoms with van der Waals surface area (Å²) < 4.78 is 12.5. The van der Waals surface area contributed by atoms with Crippen LogP contribution in [0.25, 0.3) is 11.0 Å². The summed E-state index contributed by atoms with van der Waals surface area (Å²) >= 11 is 0. The van der Waals surface area contributed by atoms with E-state index in [4.69, 9.17) is 9.47 Å². The lowest BCUT2D eigenvalue weighted by molar-refractivity contribution is -0.118. The summed E-state index contributed by atoms with van der Waals surface area (Å²) in [7, 11) is 3.63. The zero-order valence-corrected chi connectivity index (χ0v) is 20.6. The van der Waals surface area contributed by atoms with Crippen LogP contribution in [0.1, 0.15) is 12.8 Å². The molecule has 0 aromatic carbocycles. The van der Waals surface area contributed by atoms with Gasteiger partial charge in [0.25, 0.3) is 11.5 Å². The van der Waals surface area contributed by atoms with E-state index >= 15 is 0 Å². The van der Waals surface area contributed by atoms with Crippen molar-refractivity contribution in [3.63, 3.8) is 0 Å². The molecule has 1 amide bonds. The van der Waals surface area contributed by atoms with Crippen molar-refractivity contribution in [2.45, 2.75) is 25.4 Å². The van der Waals surface area contributed by atoms with Gasteiger partial charge in [0.1, 0.15) is 11.6 Å². The van der Waals surface area contributed by atoms with Crippen LogP contribution in [-0.4, -0.2) is 71.8 Å². The van der Waals surface area contributed by atoms with Crippen LogP contribution in [-0.2, 0) is 11.3 Å². The largest absolute Gasteiger partial charge is 0.495 e. The van der Waals surface area contributed by atoms with Crippen LogP contribution in [0.4, 0.5) is 11.6 Å². The van der Waals surface area contributed by atoms with Gasteiger partial charge in [-0.25, -0.2) is 4.98 Å². The Morgan fingerprint density at radius 3 is 2.74 bits per heavy atom. The second-order valence-electron chi connectivity index (χ2n) is 8.64. The van der Waals surface area contributed by atoms with E-state index in [-0.39, 0.29) is 30.5 Å². The Bertz CT molecular complexity index is 1270. The Morgan fingerprint density at radius 1 is 1.17 bits per heavy atom. The van der Waals surface area contributed by atoms with Gasteiger partial charge in [0.2, 0.25) is 0 Å².